The summed E-state index contributed by atoms with van der Waals surface area (Å²) in [5.41, 5.74) is 7.77. The van der Waals surface area contributed by atoms with Crippen molar-refractivity contribution in [1.29, 1.82) is 0 Å². The van der Waals surface area contributed by atoms with Crippen molar-refractivity contribution in [3.05, 3.63) is 18.2 Å². The van der Waals surface area contributed by atoms with Crippen molar-refractivity contribution in [2.75, 3.05) is 23.7 Å². The van der Waals surface area contributed by atoms with Crippen molar-refractivity contribution in [1.82, 2.24) is 34.9 Å². The molecule has 0 saturated carbocycles. The lowest BCUT2D eigenvalue weighted by atomic mass is 10.1. The van der Waals surface area contributed by atoms with Gasteiger partial charge < -0.3 is 20.7 Å². The molecule has 1 saturated heterocycles. The van der Waals surface area contributed by atoms with Crippen LogP contribution in [0.1, 0.15) is 37.6 Å². The highest BCUT2D eigenvalue weighted by molar-refractivity contribution is 5.84. The third-order valence-corrected chi connectivity index (χ3v) is 4.38. The zero-order chi connectivity index (χ0) is 16.7. The number of nitrogen functional groups attached to an aromatic ring is 1. The molecule has 10 nitrogen and oxygen atoms in total. The van der Waals surface area contributed by atoms with E-state index in [9.17, 15) is 5.11 Å². The van der Waals surface area contributed by atoms with Crippen LogP contribution in [-0.2, 0) is 0 Å². The van der Waals surface area contributed by atoms with E-state index in [1.54, 1.807) is 13.3 Å². The van der Waals surface area contributed by atoms with Crippen LogP contribution in [0, 0.1) is 0 Å². The number of imidazole rings is 1. The number of hydrogen-bond acceptors (Lipinski definition) is 8. The quantitative estimate of drug-likeness (QED) is 0.629. The molecule has 0 unspecified atom stereocenters. The van der Waals surface area contributed by atoms with E-state index in [1.807, 2.05) is 10.9 Å². The minimum atomic E-state index is -0.600. The molecule has 0 bridgehead atoms. The van der Waals surface area contributed by atoms with Gasteiger partial charge in [0.2, 0.25) is 5.95 Å². The SMILES string of the molecule is C[C@H](O)c1cn(C2CCN(c3nc(N)nc4nc[nH]c34)CC2)nn1. The Hall–Kier alpha value is -2.75. The van der Waals surface area contributed by atoms with Gasteiger partial charge in [0.05, 0.1) is 24.7 Å². The molecule has 10 heteroatoms. The van der Waals surface area contributed by atoms with Gasteiger partial charge in [-0.05, 0) is 19.8 Å². The number of nitrogens with one attached hydrogen (secondary N) is 1. The van der Waals surface area contributed by atoms with Crippen molar-refractivity contribution in [3.8, 4) is 0 Å². The van der Waals surface area contributed by atoms with Crippen molar-refractivity contribution in [2.45, 2.75) is 31.9 Å². The Kier molecular flexibility index (Phi) is 3.53. The molecule has 4 heterocycles. The molecule has 4 rings (SSSR count). The number of H-pyrrole nitrogens is 1. The summed E-state index contributed by atoms with van der Waals surface area (Å²) in [7, 11) is 0. The Morgan fingerprint density at radius 3 is 2.83 bits per heavy atom. The predicted molar refractivity (Wildman–Crippen MR) is 87.2 cm³/mol. The molecule has 0 spiro atoms. The van der Waals surface area contributed by atoms with E-state index in [-0.39, 0.29) is 12.0 Å². The van der Waals surface area contributed by atoms with Gasteiger partial charge in [-0.1, -0.05) is 5.21 Å². The molecule has 3 aromatic heterocycles. The molecule has 1 fully saturated rings. The minimum Gasteiger partial charge on any atom is -0.387 e. The molecule has 0 radical (unpaired) electrons. The first-order valence-electron chi connectivity index (χ1n) is 7.93. The number of aliphatic hydroxyl groups excluding tert-OH is 1. The Morgan fingerprint density at radius 1 is 1.33 bits per heavy atom. The van der Waals surface area contributed by atoms with Crippen LogP contribution in [0.2, 0.25) is 0 Å². The number of aromatic nitrogens is 7. The number of nitrogens with zero attached hydrogens (tertiary/aromatic N) is 7. The molecule has 0 aromatic carbocycles. The third-order valence-electron chi connectivity index (χ3n) is 4.38. The van der Waals surface area contributed by atoms with E-state index in [1.165, 1.54) is 0 Å². The van der Waals surface area contributed by atoms with Gasteiger partial charge in [0.25, 0.3) is 0 Å². The summed E-state index contributed by atoms with van der Waals surface area (Å²) in [6, 6.07) is 0.262. The maximum absolute atomic E-state index is 9.57. The molecule has 3 aromatic rings. The topological polar surface area (TPSA) is 135 Å². The van der Waals surface area contributed by atoms with E-state index in [4.69, 9.17) is 5.73 Å². The van der Waals surface area contributed by atoms with Gasteiger partial charge >= 0.3 is 0 Å². The van der Waals surface area contributed by atoms with E-state index in [0.717, 1.165) is 37.3 Å². The zero-order valence-electron chi connectivity index (χ0n) is 13.3. The number of piperidine rings is 1. The van der Waals surface area contributed by atoms with Crippen LogP contribution < -0.4 is 10.6 Å². The van der Waals surface area contributed by atoms with Gasteiger partial charge in [-0.15, -0.1) is 5.10 Å². The molecule has 1 atom stereocenters. The highest BCUT2D eigenvalue weighted by atomic mass is 16.3. The average molecular weight is 329 g/mol. The van der Waals surface area contributed by atoms with Gasteiger partial charge in [0, 0.05) is 13.1 Å². The fourth-order valence-corrected chi connectivity index (χ4v) is 3.07. The highest BCUT2D eigenvalue weighted by Gasteiger charge is 2.25. The molecule has 24 heavy (non-hydrogen) atoms. The van der Waals surface area contributed by atoms with Gasteiger partial charge in [0.15, 0.2) is 11.5 Å². The van der Waals surface area contributed by atoms with Crippen LogP contribution in [0.15, 0.2) is 12.5 Å². The van der Waals surface area contributed by atoms with E-state index >= 15 is 0 Å². The number of anilines is 2. The van der Waals surface area contributed by atoms with Crippen LogP contribution in [0.3, 0.4) is 0 Å². The molecule has 126 valence electrons. The minimum absolute atomic E-state index is 0.226. The van der Waals surface area contributed by atoms with Gasteiger partial charge in [-0.2, -0.15) is 9.97 Å². The maximum atomic E-state index is 9.57. The fourth-order valence-electron chi connectivity index (χ4n) is 3.07. The summed E-state index contributed by atoms with van der Waals surface area (Å²) in [5, 5.41) is 17.7. The molecule has 0 aliphatic carbocycles. The van der Waals surface area contributed by atoms with Crippen LogP contribution in [-0.4, -0.2) is 53.1 Å². The molecule has 4 N–H and O–H groups in total. The number of fused-ring (bicyclic) bond motifs is 1. The van der Waals surface area contributed by atoms with Crippen molar-refractivity contribution < 1.29 is 5.11 Å². The number of aliphatic hydroxyl groups is 1. The lowest BCUT2D eigenvalue weighted by Crippen LogP contribution is -2.35. The average Bonchev–Trinajstić information content (AvgIpc) is 3.23. The van der Waals surface area contributed by atoms with Crippen molar-refractivity contribution in [3.63, 3.8) is 0 Å². The van der Waals surface area contributed by atoms with E-state index in [0.29, 0.717) is 11.3 Å². The smallest absolute Gasteiger partial charge is 0.224 e. The lowest BCUT2D eigenvalue weighted by Gasteiger charge is -2.32. The Balaban J connectivity index is 1.52. The van der Waals surface area contributed by atoms with E-state index in [2.05, 4.69) is 35.1 Å². The van der Waals surface area contributed by atoms with Crippen molar-refractivity contribution in [2.24, 2.45) is 0 Å². The maximum Gasteiger partial charge on any atom is 0.224 e. The monoisotopic (exact) mass is 329 g/mol. The molecule has 1 aliphatic rings. The van der Waals surface area contributed by atoms with Crippen LogP contribution in [0.4, 0.5) is 11.8 Å². The fraction of sp³-hybridized carbons (Fsp3) is 0.500. The second-order valence-electron chi connectivity index (χ2n) is 6.02. The van der Waals surface area contributed by atoms with Crippen LogP contribution in [0.5, 0.6) is 0 Å². The summed E-state index contributed by atoms with van der Waals surface area (Å²) in [6.45, 7) is 3.32. The molecule has 1 aliphatic heterocycles. The largest absolute Gasteiger partial charge is 0.387 e. The summed E-state index contributed by atoms with van der Waals surface area (Å²) in [5.74, 6) is 1.02. The summed E-state index contributed by atoms with van der Waals surface area (Å²) in [4.78, 5) is 17.9. The highest BCUT2D eigenvalue weighted by Crippen LogP contribution is 2.28. The number of aromatic amines is 1. The van der Waals surface area contributed by atoms with E-state index < -0.39 is 6.10 Å². The normalized spacial score (nSPS) is 17.5. The zero-order valence-corrected chi connectivity index (χ0v) is 13.3. The molecule has 0 amide bonds. The van der Waals surface area contributed by atoms with Gasteiger partial charge in [0.1, 0.15) is 11.2 Å². The second-order valence-corrected chi connectivity index (χ2v) is 6.02. The number of nitrogens with two attached hydrogens (primary N) is 1. The first-order chi connectivity index (χ1) is 11.6. The van der Waals surface area contributed by atoms with Crippen LogP contribution >= 0.6 is 0 Å². The second kappa shape index (κ2) is 5.71. The van der Waals surface area contributed by atoms with Crippen molar-refractivity contribution >= 4 is 22.9 Å². The van der Waals surface area contributed by atoms with Crippen LogP contribution in [0.25, 0.3) is 11.2 Å². The summed E-state index contributed by atoms with van der Waals surface area (Å²) in [6.07, 6.45) is 4.63. The first-order valence-corrected chi connectivity index (χ1v) is 7.93. The van der Waals surface area contributed by atoms with Gasteiger partial charge in [-0.25, -0.2) is 9.67 Å². The summed E-state index contributed by atoms with van der Waals surface area (Å²) >= 11 is 0. The Bertz CT molecular complexity index is 847. The number of hydrogen-bond donors (Lipinski definition) is 3. The Morgan fingerprint density at radius 2 is 2.12 bits per heavy atom. The number of rotatable bonds is 3. The summed E-state index contributed by atoms with van der Waals surface area (Å²) < 4.78 is 1.85. The third kappa shape index (κ3) is 2.54. The lowest BCUT2D eigenvalue weighted by molar-refractivity contribution is 0.194. The first kappa shape index (κ1) is 14.8. The molecular weight excluding hydrogens is 310 g/mol. The Labute approximate surface area is 137 Å². The van der Waals surface area contributed by atoms with Gasteiger partial charge in [-0.3, -0.25) is 0 Å². The predicted octanol–water partition coefficient (Wildman–Crippen LogP) is 0.421. The molecular formula is C14H19N9O. The standard InChI is InChI=1S/C14H19N9O/c1-8(24)10-6-23(21-20-10)9-2-4-22(5-3-9)13-11-12(17-7-16-11)18-14(15)19-13/h6-9,24H,2-5H2,1H3,(H3,15,16,17,18,19)/t8-/m0/s1.